The molecule has 1 aliphatic heterocycles. The van der Waals surface area contributed by atoms with Crippen molar-refractivity contribution in [2.75, 3.05) is 18.4 Å². The van der Waals surface area contributed by atoms with Gasteiger partial charge in [0.2, 0.25) is 5.95 Å². The number of aromatic amines is 1. The van der Waals surface area contributed by atoms with E-state index in [9.17, 15) is 4.39 Å². The minimum absolute atomic E-state index is 0.310. The Hall–Kier alpha value is -2.11. The fourth-order valence-electron chi connectivity index (χ4n) is 2.17. The lowest BCUT2D eigenvalue weighted by atomic mass is 10.3. The second-order valence-corrected chi connectivity index (χ2v) is 4.41. The Kier molecular flexibility index (Phi) is 2.62. The van der Waals surface area contributed by atoms with Gasteiger partial charge in [-0.15, -0.1) is 0 Å². The molecule has 18 heavy (non-hydrogen) atoms. The average Bonchev–Trinajstić information content (AvgIpc) is 2.95. The van der Waals surface area contributed by atoms with E-state index >= 15 is 0 Å². The van der Waals surface area contributed by atoms with E-state index < -0.39 is 0 Å². The molecular formula is C12H14FN5. The smallest absolute Gasteiger partial charge is 0.208 e. The Morgan fingerprint density at radius 3 is 2.94 bits per heavy atom. The van der Waals surface area contributed by atoms with Crippen LogP contribution in [0.15, 0.2) is 18.2 Å². The zero-order valence-corrected chi connectivity index (χ0v) is 9.83. The summed E-state index contributed by atoms with van der Waals surface area (Å²) < 4.78 is 13.0. The van der Waals surface area contributed by atoms with Gasteiger partial charge < -0.3 is 9.88 Å². The molecule has 6 heteroatoms. The van der Waals surface area contributed by atoms with Crippen LogP contribution in [-0.2, 0) is 0 Å². The molecule has 5 nitrogen and oxygen atoms in total. The van der Waals surface area contributed by atoms with Crippen molar-refractivity contribution in [3.8, 4) is 0 Å². The van der Waals surface area contributed by atoms with Crippen LogP contribution in [0, 0.1) is 11.2 Å². The van der Waals surface area contributed by atoms with E-state index in [1.807, 2.05) is 4.90 Å². The summed E-state index contributed by atoms with van der Waals surface area (Å²) >= 11 is 0. The number of aromatic nitrogens is 2. The molecule has 0 aliphatic carbocycles. The SMILES string of the molecule is N=C(Nc1nc2cc(F)ccc2[nH]1)N1CCCC1. The van der Waals surface area contributed by atoms with Gasteiger partial charge >= 0.3 is 0 Å². The van der Waals surface area contributed by atoms with Gasteiger partial charge in [-0.25, -0.2) is 9.37 Å². The monoisotopic (exact) mass is 247 g/mol. The highest BCUT2D eigenvalue weighted by Crippen LogP contribution is 2.16. The summed E-state index contributed by atoms with van der Waals surface area (Å²) in [6.07, 6.45) is 2.24. The highest BCUT2D eigenvalue weighted by atomic mass is 19.1. The van der Waals surface area contributed by atoms with Crippen molar-refractivity contribution in [1.82, 2.24) is 14.9 Å². The molecule has 1 aromatic heterocycles. The summed E-state index contributed by atoms with van der Waals surface area (Å²) in [6, 6.07) is 4.40. The van der Waals surface area contributed by atoms with Crippen molar-refractivity contribution in [2.24, 2.45) is 0 Å². The number of likely N-dealkylation sites (tertiary alicyclic amines) is 1. The molecule has 1 fully saturated rings. The standard InChI is InChI=1S/C12H14FN5/c13-8-3-4-9-10(7-8)16-12(15-9)17-11(14)18-5-1-2-6-18/h3-4,7H,1-2,5-6H2,(H3,14,15,16,17). The van der Waals surface area contributed by atoms with Crippen LogP contribution in [0.2, 0.25) is 0 Å². The van der Waals surface area contributed by atoms with Crippen molar-refractivity contribution in [3.05, 3.63) is 24.0 Å². The maximum Gasteiger partial charge on any atom is 0.208 e. The van der Waals surface area contributed by atoms with E-state index in [2.05, 4.69) is 15.3 Å². The lowest BCUT2D eigenvalue weighted by Crippen LogP contribution is -2.33. The van der Waals surface area contributed by atoms with E-state index in [-0.39, 0.29) is 5.82 Å². The second kappa shape index (κ2) is 4.29. The molecule has 2 heterocycles. The Morgan fingerprint density at radius 2 is 2.17 bits per heavy atom. The molecule has 0 saturated carbocycles. The first-order chi connectivity index (χ1) is 8.72. The number of H-pyrrole nitrogens is 1. The van der Waals surface area contributed by atoms with Gasteiger partial charge in [-0.05, 0) is 25.0 Å². The molecule has 1 saturated heterocycles. The van der Waals surface area contributed by atoms with Gasteiger partial charge in [-0.3, -0.25) is 10.7 Å². The molecule has 3 rings (SSSR count). The normalized spacial score (nSPS) is 15.3. The fraction of sp³-hybridized carbons (Fsp3) is 0.333. The van der Waals surface area contributed by atoms with Crippen molar-refractivity contribution in [3.63, 3.8) is 0 Å². The minimum Gasteiger partial charge on any atom is -0.343 e. The topological polar surface area (TPSA) is 67.8 Å². The van der Waals surface area contributed by atoms with Gasteiger partial charge in [0.05, 0.1) is 11.0 Å². The zero-order valence-electron chi connectivity index (χ0n) is 9.83. The molecule has 0 amide bonds. The largest absolute Gasteiger partial charge is 0.343 e. The number of hydrogen-bond acceptors (Lipinski definition) is 2. The van der Waals surface area contributed by atoms with Crippen LogP contribution in [0.5, 0.6) is 0 Å². The number of benzene rings is 1. The molecule has 0 bridgehead atoms. The quantitative estimate of drug-likeness (QED) is 0.534. The molecule has 2 aromatic rings. The molecule has 0 spiro atoms. The van der Waals surface area contributed by atoms with Crippen molar-refractivity contribution < 1.29 is 4.39 Å². The molecule has 0 radical (unpaired) electrons. The lowest BCUT2D eigenvalue weighted by molar-refractivity contribution is 0.514. The molecule has 0 unspecified atom stereocenters. The van der Waals surface area contributed by atoms with E-state index in [4.69, 9.17) is 5.41 Å². The van der Waals surface area contributed by atoms with E-state index in [1.165, 1.54) is 12.1 Å². The highest BCUT2D eigenvalue weighted by Gasteiger charge is 2.15. The summed E-state index contributed by atoms with van der Waals surface area (Å²) in [5.74, 6) is 0.509. The number of guanidine groups is 1. The number of halogens is 1. The summed E-state index contributed by atoms with van der Waals surface area (Å²) in [6.45, 7) is 1.81. The summed E-state index contributed by atoms with van der Waals surface area (Å²) in [4.78, 5) is 9.20. The molecule has 1 aliphatic rings. The van der Waals surface area contributed by atoms with Crippen LogP contribution in [-0.4, -0.2) is 33.9 Å². The maximum absolute atomic E-state index is 13.0. The van der Waals surface area contributed by atoms with Crippen LogP contribution in [0.3, 0.4) is 0 Å². The van der Waals surface area contributed by atoms with E-state index in [0.29, 0.717) is 17.4 Å². The second-order valence-electron chi connectivity index (χ2n) is 4.41. The van der Waals surface area contributed by atoms with Crippen molar-refractivity contribution in [2.45, 2.75) is 12.8 Å². The first-order valence-electron chi connectivity index (χ1n) is 5.98. The third kappa shape index (κ3) is 2.01. The first-order valence-corrected chi connectivity index (χ1v) is 5.98. The number of nitrogens with zero attached hydrogens (tertiary/aromatic N) is 2. The van der Waals surface area contributed by atoms with E-state index in [1.54, 1.807) is 6.07 Å². The fourth-order valence-corrected chi connectivity index (χ4v) is 2.17. The van der Waals surface area contributed by atoms with Crippen molar-refractivity contribution in [1.29, 1.82) is 5.41 Å². The van der Waals surface area contributed by atoms with Crippen LogP contribution in [0.1, 0.15) is 12.8 Å². The molecule has 94 valence electrons. The van der Waals surface area contributed by atoms with Crippen molar-refractivity contribution >= 4 is 22.9 Å². The Morgan fingerprint density at radius 1 is 1.39 bits per heavy atom. The number of imidazole rings is 1. The first kappa shape index (κ1) is 11.0. The molecular weight excluding hydrogens is 233 g/mol. The summed E-state index contributed by atoms with van der Waals surface area (Å²) in [7, 11) is 0. The Balaban J connectivity index is 1.79. The van der Waals surface area contributed by atoms with Gasteiger partial charge in [0.25, 0.3) is 0 Å². The predicted molar refractivity (Wildman–Crippen MR) is 68.2 cm³/mol. The van der Waals surface area contributed by atoms with Gasteiger partial charge in [0.1, 0.15) is 5.82 Å². The summed E-state index contributed by atoms with van der Waals surface area (Å²) in [5.41, 5.74) is 1.32. The molecule has 3 N–H and O–H groups in total. The maximum atomic E-state index is 13.0. The Labute approximate surface area is 104 Å². The van der Waals surface area contributed by atoms with Crippen LogP contribution in [0.4, 0.5) is 10.3 Å². The van der Waals surface area contributed by atoms with Gasteiger partial charge in [0.15, 0.2) is 5.96 Å². The number of fused-ring (bicyclic) bond motifs is 1. The average molecular weight is 247 g/mol. The van der Waals surface area contributed by atoms with Gasteiger partial charge in [0, 0.05) is 19.2 Å². The lowest BCUT2D eigenvalue weighted by Gasteiger charge is -2.17. The number of nitrogens with one attached hydrogen (secondary N) is 3. The third-order valence-electron chi connectivity index (χ3n) is 3.10. The zero-order chi connectivity index (χ0) is 12.5. The molecule has 0 atom stereocenters. The highest BCUT2D eigenvalue weighted by molar-refractivity contribution is 5.91. The molecule has 1 aromatic carbocycles. The number of hydrogen-bond donors (Lipinski definition) is 3. The minimum atomic E-state index is -0.310. The van der Waals surface area contributed by atoms with Gasteiger partial charge in [-0.2, -0.15) is 0 Å². The Bertz CT molecular complexity index is 585. The number of anilines is 1. The predicted octanol–water partition coefficient (Wildman–Crippen LogP) is 2.14. The third-order valence-corrected chi connectivity index (χ3v) is 3.10. The van der Waals surface area contributed by atoms with Crippen LogP contribution >= 0.6 is 0 Å². The van der Waals surface area contributed by atoms with Gasteiger partial charge in [-0.1, -0.05) is 0 Å². The number of rotatable bonds is 1. The van der Waals surface area contributed by atoms with E-state index in [0.717, 1.165) is 31.4 Å². The van der Waals surface area contributed by atoms with Crippen LogP contribution < -0.4 is 5.32 Å². The van der Waals surface area contributed by atoms with Crippen LogP contribution in [0.25, 0.3) is 11.0 Å². The summed E-state index contributed by atoms with van der Waals surface area (Å²) in [5, 5.41) is 10.8.